The molecule has 0 aliphatic heterocycles. The molecule has 0 atom stereocenters. The van der Waals surface area contributed by atoms with Crippen molar-refractivity contribution in [3.05, 3.63) is 59.7 Å². The Morgan fingerprint density at radius 3 is 2.80 bits per heavy atom. The van der Waals surface area contributed by atoms with Gasteiger partial charge in [0.05, 0.1) is 5.69 Å². The van der Waals surface area contributed by atoms with Gasteiger partial charge in [-0.25, -0.2) is 5.48 Å². The normalized spacial score (nSPS) is 10.2. The topological polar surface area (TPSA) is 64.1 Å². The van der Waals surface area contributed by atoms with Crippen LogP contribution in [0.3, 0.4) is 0 Å². The zero-order valence-corrected chi connectivity index (χ0v) is 11.4. The van der Waals surface area contributed by atoms with Crippen LogP contribution >= 0.6 is 0 Å². The highest BCUT2D eigenvalue weighted by atomic mass is 16.6. The number of carbonyl (C=O) groups excluding carboxylic acids is 1. The molecule has 0 bridgehead atoms. The Bertz CT molecular complexity index is 558. The van der Waals surface area contributed by atoms with E-state index in [-0.39, 0.29) is 12.5 Å². The van der Waals surface area contributed by atoms with Gasteiger partial charge in [0.1, 0.15) is 6.61 Å². The number of carbonyl (C=O) groups is 1. The Balaban J connectivity index is 1.68. The van der Waals surface area contributed by atoms with Crippen LogP contribution in [0.15, 0.2) is 42.7 Å². The summed E-state index contributed by atoms with van der Waals surface area (Å²) in [4.78, 5) is 25.0. The molecule has 2 aromatic rings. The minimum absolute atomic E-state index is 0.144. The van der Waals surface area contributed by atoms with Crippen LogP contribution in [0.2, 0.25) is 0 Å². The van der Waals surface area contributed by atoms with Crippen LogP contribution in [0, 0.1) is 6.92 Å². The molecule has 0 fully saturated rings. The summed E-state index contributed by atoms with van der Waals surface area (Å²) >= 11 is 0. The first-order valence-electron chi connectivity index (χ1n) is 6.46. The van der Waals surface area contributed by atoms with E-state index in [1.807, 2.05) is 37.3 Å². The number of pyridine rings is 2. The van der Waals surface area contributed by atoms with E-state index in [1.54, 1.807) is 12.4 Å². The van der Waals surface area contributed by atoms with Crippen molar-refractivity contribution < 1.29 is 9.63 Å². The van der Waals surface area contributed by atoms with Crippen LogP contribution in [-0.2, 0) is 22.7 Å². The second-order valence-corrected chi connectivity index (χ2v) is 4.44. The Labute approximate surface area is 118 Å². The molecular weight excluding hydrogens is 254 g/mol. The minimum atomic E-state index is -0.144. The lowest BCUT2D eigenvalue weighted by molar-refractivity contribution is -0.134. The SMILES string of the molecule is Cc1cccc(CONC(=O)CCc2ccncc2)n1. The van der Waals surface area contributed by atoms with Crippen LogP contribution < -0.4 is 5.48 Å². The van der Waals surface area contributed by atoms with Gasteiger partial charge in [-0.2, -0.15) is 0 Å². The van der Waals surface area contributed by atoms with Gasteiger partial charge in [0.15, 0.2) is 0 Å². The first-order chi connectivity index (χ1) is 9.74. The number of aryl methyl sites for hydroxylation is 2. The van der Waals surface area contributed by atoms with Crippen molar-refractivity contribution in [3.8, 4) is 0 Å². The highest BCUT2D eigenvalue weighted by molar-refractivity contribution is 5.75. The van der Waals surface area contributed by atoms with Crippen LogP contribution in [-0.4, -0.2) is 15.9 Å². The molecule has 2 heterocycles. The number of hydrogen-bond acceptors (Lipinski definition) is 4. The van der Waals surface area contributed by atoms with Gasteiger partial charge in [0.25, 0.3) is 0 Å². The van der Waals surface area contributed by atoms with E-state index in [2.05, 4.69) is 15.4 Å². The predicted octanol–water partition coefficient (Wildman–Crippen LogP) is 1.97. The Morgan fingerprint density at radius 2 is 2.05 bits per heavy atom. The monoisotopic (exact) mass is 271 g/mol. The van der Waals surface area contributed by atoms with Gasteiger partial charge in [-0.1, -0.05) is 6.07 Å². The van der Waals surface area contributed by atoms with Crippen LogP contribution in [0.5, 0.6) is 0 Å². The predicted molar refractivity (Wildman–Crippen MR) is 74.5 cm³/mol. The number of aromatic nitrogens is 2. The molecule has 0 aliphatic rings. The molecule has 0 saturated heterocycles. The van der Waals surface area contributed by atoms with E-state index in [9.17, 15) is 4.79 Å². The zero-order valence-electron chi connectivity index (χ0n) is 11.4. The van der Waals surface area contributed by atoms with Crippen LogP contribution in [0.4, 0.5) is 0 Å². The number of nitrogens with one attached hydrogen (secondary N) is 1. The molecule has 0 radical (unpaired) electrons. The highest BCUT2D eigenvalue weighted by Crippen LogP contribution is 2.01. The third-order valence-electron chi connectivity index (χ3n) is 2.74. The molecule has 2 aromatic heterocycles. The minimum Gasteiger partial charge on any atom is -0.273 e. The second kappa shape index (κ2) is 7.35. The maximum Gasteiger partial charge on any atom is 0.243 e. The van der Waals surface area contributed by atoms with E-state index in [4.69, 9.17) is 4.84 Å². The van der Waals surface area contributed by atoms with Crippen molar-refractivity contribution in [3.63, 3.8) is 0 Å². The molecule has 0 unspecified atom stereocenters. The van der Waals surface area contributed by atoms with E-state index in [0.29, 0.717) is 12.8 Å². The summed E-state index contributed by atoms with van der Waals surface area (Å²) in [7, 11) is 0. The molecule has 104 valence electrons. The van der Waals surface area contributed by atoms with Gasteiger partial charge in [-0.05, 0) is 43.2 Å². The maximum absolute atomic E-state index is 11.6. The van der Waals surface area contributed by atoms with Crippen LogP contribution in [0.1, 0.15) is 23.4 Å². The Morgan fingerprint density at radius 1 is 1.25 bits per heavy atom. The standard InChI is InChI=1S/C15H17N3O2/c1-12-3-2-4-14(17-12)11-20-18-15(19)6-5-13-7-9-16-10-8-13/h2-4,7-10H,5-6,11H2,1H3,(H,18,19). The molecule has 0 spiro atoms. The van der Waals surface area contributed by atoms with Crippen molar-refractivity contribution >= 4 is 5.91 Å². The summed E-state index contributed by atoms with van der Waals surface area (Å²) in [6.07, 6.45) is 4.48. The quantitative estimate of drug-likeness (QED) is 0.816. The first-order valence-corrected chi connectivity index (χ1v) is 6.46. The van der Waals surface area contributed by atoms with Gasteiger partial charge in [0, 0.05) is 24.5 Å². The Kier molecular flexibility index (Phi) is 5.20. The second-order valence-electron chi connectivity index (χ2n) is 4.44. The molecule has 5 heteroatoms. The van der Waals surface area contributed by atoms with Gasteiger partial charge in [-0.3, -0.25) is 19.6 Å². The molecule has 2 rings (SSSR count). The maximum atomic E-state index is 11.6. The van der Waals surface area contributed by atoms with E-state index in [0.717, 1.165) is 17.0 Å². The summed E-state index contributed by atoms with van der Waals surface area (Å²) in [5, 5.41) is 0. The lowest BCUT2D eigenvalue weighted by atomic mass is 10.1. The number of hydroxylamine groups is 1. The molecule has 20 heavy (non-hydrogen) atoms. The van der Waals surface area contributed by atoms with Crippen molar-refractivity contribution in [2.45, 2.75) is 26.4 Å². The fourth-order valence-electron chi connectivity index (χ4n) is 1.73. The lowest BCUT2D eigenvalue weighted by Gasteiger charge is -2.06. The third kappa shape index (κ3) is 4.78. The Hall–Kier alpha value is -2.27. The number of rotatable bonds is 6. The number of amides is 1. The molecule has 1 amide bonds. The summed E-state index contributed by atoms with van der Waals surface area (Å²) in [5.41, 5.74) is 5.22. The number of hydrogen-bond donors (Lipinski definition) is 1. The van der Waals surface area contributed by atoms with E-state index in [1.165, 1.54) is 0 Å². The van der Waals surface area contributed by atoms with Crippen molar-refractivity contribution in [2.75, 3.05) is 0 Å². The fraction of sp³-hybridized carbons (Fsp3) is 0.267. The number of nitrogens with zero attached hydrogens (tertiary/aromatic N) is 2. The molecule has 1 N–H and O–H groups in total. The van der Waals surface area contributed by atoms with E-state index < -0.39 is 0 Å². The lowest BCUT2D eigenvalue weighted by Crippen LogP contribution is -2.24. The van der Waals surface area contributed by atoms with Crippen molar-refractivity contribution in [1.82, 2.24) is 15.4 Å². The molecular formula is C15H17N3O2. The zero-order chi connectivity index (χ0) is 14.2. The van der Waals surface area contributed by atoms with E-state index >= 15 is 0 Å². The average molecular weight is 271 g/mol. The smallest absolute Gasteiger partial charge is 0.243 e. The fourth-order valence-corrected chi connectivity index (χ4v) is 1.73. The van der Waals surface area contributed by atoms with Gasteiger partial charge in [-0.15, -0.1) is 0 Å². The van der Waals surface area contributed by atoms with Gasteiger partial charge >= 0.3 is 0 Å². The molecule has 0 aromatic carbocycles. The summed E-state index contributed by atoms with van der Waals surface area (Å²) in [5.74, 6) is -0.144. The summed E-state index contributed by atoms with van der Waals surface area (Å²) in [6, 6.07) is 9.47. The highest BCUT2D eigenvalue weighted by Gasteiger charge is 2.03. The van der Waals surface area contributed by atoms with Crippen LogP contribution in [0.25, 0.3) is 0 Å². The molecule has 0 saturated carbocycles. The molecule has 0 aliphatic carbocycles. The summed E-state index contributed by atoms with van der Waals surface area (Å²) < 4.78 is 0. The van der Waals surface area contributed by atoms with Gasteiger partial charge < -0.3 is 0 Å². The van der Waals surface area contributed by atoms with Crippen molar-refractivity contribution in [2.24, 2.45) is 0 Å². The molecule has 5 nitrogen and oxygen atoms in total. The summed E-state index contributed by atoms with van der Waals surface area (Å²) in [6.45, 7) is 2.18. The third-order valence-corrected chi connectivity index (χ3v) is 2.74. The van der Waals surface area contributed by atoms with Crippen molar-refractivity contribution in [1.29, 1.82) is 0 Å². The van der Waals surface area contributed by atoms with Gasteiger partial charge in [0.2, 0.25) is 5.91 Å². The average Bonchev–Trinajstić information content (AvgIpc) is 2.46. The first kappa shape index (κ1) is 14.1. The largest absolute Gasteiger partial charge is 0.273 e.